The summed E-state index contributed by atoms with van der Waals surface area (Å²) in [7, 11) is 0. The van der Waals surface area contributed by atoms with Gasteiger partial charge in [0.2, 0.25) is 0 Å². The van der Waals surface area contributed by atoms with Gasteiger partial charge in [-0.1, -0.05) is 18.2 Å². The molecule has 15 heteroatoms. The minimum atomic E-state index is -5.08. The van der Waals surface area contributed by atoms with E-state index in [1.165, 1.54) is 16.1 Å². The quantitative estimate of drug-likeness (QED) is 0.445. The molecular formula is C24H23F6N3O5S. The van der Waals surface area contributed by atoms with Crippen LogP contribution in [0.1, 0.15) is 21.7 Å². The smallest absolute Gasteiger partial charge is 0.475 e. The van der Waals surface area contributed by atoms with Gasteiger partial charge in [0.05, 0.1) is 6.54 Å². The van der Waals surface area contributed by atoms with Crippen LogP contribution in [-0.4, -0.2) is 62.0 Å². The number of carboxylic acids is 2. The highest BCUT2D eigenvalue weighted by Crippen LogP contribution is 2.19. The molecule has 0 radical (unpaired) electrons. The molecule has 212 valence electrons. The molecule has 1 aliphatic rings. The highest BCUT2D eigenvalue weighted by Gasteiger charge is 2.38. The standard InChI is InChI=1S/C20H21N3OS.2C2HF3O2/c24-20-6-5-17-7-10-22(15-18-4-2-12-25-18)11-8-19(17)23(20)14-16-3-1-9-21-13-16;2*3-2(4,5)1(6)7/h1-6,9,12-13H,7-8,10-11,14-15H2;2*(H,6,7). The molecule has 0 saturated carbocycles. The van der Waals surface area contributed by atoms with E-state index in [1.54, 1.807) is 12.3 Å². The molecule has 4 heterocycles. The Morgan fingerprint density at radius 2 is 1.51 bits per heavy atom. The van der Waals surface area contributed by atoms with Crippen LogP contribution < -0.4 is 5.56 Å². The predicted octanol–water partition coefficient (Wildman–Crippen LogP) is 4.22. The summed E-state index contributed by atoms with van der Waals surface area (Å²) in [6, 6.07) is 12.0. The third-order valence-corrected chi connectivity index (χ3v) is 6.12. The highest BCUT2D eigenvalue weighted by atomic mass is 32.1. The van der Waals surface area contributed by atoms with Crippen molar-refractivity contribution in [3.63, 3.8) is 0 Å². The Morgan fingerprint density at radius 3 is 2.03 bits per heavy atom. The van der Waals surface area contributed by atoms with Crippen LogP contribution in [0.3, 0.4) is 0 Å². The Balaban J connectivity index is 0.000000317. The lowest BCUT2D eigenvalue weighted by atomic mass is 10.1. The molecule has 0 amide bonds. The summed E-state index contributed by atoms with van der Waals surface area (Å²) in [5, 5.41) is 16.4. The summed E-state index contributed by atoms with van der Waals surface area (Å²) in [6.45, 7) is 3.62. The van der Waals surface area contributed by atoms with E-state index in [0.717, 1.165) is 38.0 Å². The SMILES string of the molecule is O=C(O)C(F)(F)F.O=C(O)C(F)(F)F.O=c1ccc2c(n1Cc1cccnc1)CCN(Cc1cccs1)CC2. The van der Waals surface area contributed by atoms with E-state index in [1.807, 2.05) is 40.3 Å². The van der Waals surface area contributed by atoms with E-state index in [4.69, 9.17) is 19.8 Å². The summed E-state index contributed by atoms with van der Waals surface area (Å²) in [6.07, 6.45) is -4.66. The van der Waals surface area contributed by atoms with Crippen LogP contribution in [0, 0.1) is 0 Å². The summed E-state index contributed by atoms with van der Waals surface area (Å²) >= 11 is 1.81. The Hall–Kier alpha value is -3.72. The van der Waals surface area contributed by atoms with Crippen molar-refractivity contribution in [2.45, 2.75) is 38.3 Å². The van der Waals surface area contributed by atoms with Crippen molar-refractivity contribution in [3.8, 4) is 0 Å². The fourth-order valence-electron chi connectivity index (χ4n) is 3.47. The van der Waals surface area contributed by atoms with E-state index in [9.17, 15) is 31.1 Å². The molecule has 39 heavy (non-hydrogen) atoms. The molecule has 8 nitrogen and oxygen atoms in total. The predicted molar refractivity (Wildman–Crippen MR) is 128 cm³/mol. The molecular weight excluding hydrogens is 556 g/mol. The van der Waals surface area contributed by atoms with E-state index in [0.29, 0.717) is 6.54 Å². The summed E-state index contributed by atoms with van der Waals surface area (Å²) in [4.78, 5) is 38.3. The molecule has 0 spiro atoms. The number of halogens is 6. The highest BCUT2D eigenvalue weighted by molar-refractivity contribution is 7.09. The van der Waals surface area contributed by atoms with Crippen molar-refractivity contribution >= 4 is 23.3 Å². The number of carbonyl (C=O) groups is 2. The van der Waals surface area contributed by atoms with Crippen molar-refractivity contribution < 1.29 is 46.1 Å². The summed E-state index contributed by atoms with van der Waals surface area (Å²) in [5.41, 5.74) is 3.63. The first-order chi connectivity index (χ1) is 18.2. The molecule has 3 aromatic rings. The molecule has 0 saturated heterocycles. The van der Waals surface area contributed by atoms with Crippen molar-refractivity contribution in [2.24, 2.45) is 0 Å². The minimum Gasteiger partial charge on any atom is -0.475 e. The van der Waals surface area contributed by atoms with Crippen LogP contribution in [0.4, 0.5) is 26.3 Å². The van der Waals surface area contributed by atoms with Crippen molar-refractivity contribution in [2.75, 3.05) is 13.1 Å². The van der Waals surface area contributed by atoms with Gasteiger partial charge in [-0.2, -0.15) is 26.3 Å². The first kappa shape index (κ1) is 31.5. The number of nitrogens with zero attached hydrogens (tertiary/aromatic N) is 3. The molecule has 3 aromatic heterocycles. The van der Waals surface area contributed by atoms with Crippen LogP contribution in [0.2, 0.25) is 0 Å². The van der Waals surface area contributed by atoms with Crippen molar-refractivity contribution in [1.29, 1.82) is 0 Å². The lowest BCUT2D eigenvalue weighted by Gasteiger charge is -2.18. The maximum Gasteiger partial charge on any atom is 0.490 e. The number of pyridine rings is 2. The molecule has 0 unspecified atom stereocenters. The third kappa shape index (κ3) is 10.5. The average molecular weight is 580 g/mol. The van der Waals surface area contributed by atoms with Crippen molar-refractivity contribution in [1.82, 2.24) is 14.5 Å². The third-order valence-electron chi connectivity index (χ3n) is 5.26. The second kappa shape index (κ2) is 13.9. The van der Waals surface area contributed by atoms with Gasteiger partial charge in [0.25, 0.3) is 5.56 Å². The van der Waals surface area contributed by atoms with Gasteiger partial charge < -0.3 is 14.8 Å². The van der Waals surface area contributed by atoms with Gasteiger partial charge in [-0.3, -0.25) is 14.7 Å². The fraction of sp³-hybridized carbons (Fsp3) is 0.333. The topological polar surface area (TPSA) is 113 Å². The zero-order chi connectivity index (χ0) is 29.2. The van der Waals surface area contributed by atoms with Gasteiger partial charge >= 0.3 is 24.3 Å². The lowest BCUT2D eigenvalue weighted by Crippen LogP contribution is -2.27. The van der Waals surface area contributed by atoms with E-state index >= 15 is 0 Å². The second-order valence-corrected chi connectivity index (χ2v) is 9.08. The molecule has 0 bridgehead atoms. The maximum atomic E-state index is 12.5. The lowest BCUT2D eigenvalue weighted by molar-refractivity contribution is -0.193. The summed E-state index contributed by atoms with van der Waals surface area (Å²) in [5.74, 6) is -5.51. The van der Waals surface area contributed by atoms with Crippen LogP contribution in [-0.2, 0) is 35.5 Å². The molecule has 0 aliphatic carbocycles. The first-order valence-corrected chi connectivity index (χ1v) is 12.0. The van der Waals surface area contributed by atoms with Crippen LogP contribution >= 0.6 is 11.3 Å². The van der Waals surface area contributed by atoms with Crippen LogP contribution in [0.5, 0.6) is 0 Å². The fourth-order valence-corrected chi connectivity index (χ4v) is 4.22. The average Bonchev–Trinajstić information content (AvgIpc) is 3.28. The molecule has 1 aliphatic heterocycles. The number of thiophene rings is 1. The van der Waals surface area contributed by atoms with Gasteiger partial charge in [0.1, 0.15) is 0 Å². The van der Waals surface area contributed by atoms with Gasteiger partial charge in [0.15, 0.2) is 0 Å². The second-order valence-electron chi connectivity index (χ2n) is 8.05. The summed E-state index contributed by atoms with van der Waals surface area (Å²) < 4.78 is 65.4. The number of rotatable bonds is 4. The number of hydrogen-bond acceptors (Lipinski definition) is 6. The van der Waals surface area contributed by atoms with Crippen molar-refractivity contribution in [3.05, 3.63) is 86.2 Å². The normalized spacial score (nSPS) is 13.6. The Bertz CT molecular complexity index is 1250. The number of hydrogen-bond donors (Lipinski definition) is 2. The number of aromatic nitrogens is 2. The maximum absolute atomic E-state index is 12.5. The van der Waals surface area contributed by atoms with Gasteiger partial charge in [-0.25, -0.2) is 9.59 Å². The Kier molecular flexibility index (Phi) is 11.2. The first-order valence-electron chi connectivity index (χ1n) is 11.1. The number of fused-ring (bicyclic) bond motifs is 1. The van der Waals surface area contributed by atoms with Gasteiger partial charge in [-0.05, 0) is 35.1 Å². The van der Waals surface area contributed by atoms with Crippen LogP contribution in [0.25, 0.3) is 0 Å². The monoisotopic (exact) mass is 579 g/mol. The number of alkyl halides is 6. The zero-order valence-corrected chi connectivity index (χ0v) is 20.9. The van der Waals surface area contributed by atoms with Gasteiger partial charge in [0, 0.05) is 55.1 Å². The van der Waals surface area contributed by atoms with E-state index < -0.39 is 24.3 Å². The van der Waals surface area contributed by atoms with Gasteiger partial charge in [-0.15, -0.1) is 11.3 Å². The molecule has 0 fully saturated rings. The number of carboxylic acid groups (broad SMARTS) is 2. The van der Waals surface area contributed by atoms with E-state index in [-0.39, 0.29) is 5.56 Å². The molecule has 2 N–H and O–H groups in total. The molecule has 4 rings (SSSR count). The van der Waals surface area contributed by atoms with E-state index in [2.05, 4.69) is 27.4 Å². The Morgan fingerprint density at radius 1 is 0.897 bits per heavy atom. The molecule has 0 aromatic carbocycles. The van der Waals surface area contributed by atoms with Crippen LogP contribution in [0.15, 0.2) is 59.0 Å². The zero-order valence-electron chi connectivity index (χ0n) is 20.1. The molecule has 0 atom stereocenters. The number of aliphatic carboxylic acids is 2. The Labute approximate surface area is 221 Å². The largest absolute Gasteiger partial charge is 0.490 e. The minimum absolute atomic E-state index is 0.0781.